The van der Waals surface area contributed by atoms with Crippen LogP contribution < -0.4 is 4.74 Å². The van der Waals surface area contributed by atoms with Gasteiger partial charge in [0.05, 0.1) is 10.7 Å². The highest BCUT2D eigenvalue weighted by molar-refractivity contribution is 6.33. The molecule has 0 atom stereocenters. The van der Waals surface area contributed by atoms with Gasteiger partial charge in [0.2, 0.25) is 5.88 Å². The Kier molecular flexibility index (Phi) is 11.2. The van der Waals surface area contributed by atoms with E-state index in [1.165, 1.54) is 12.8 Å². The molecule has 4 nitrogen and oxygen atoms in total. The van der Waals surface area contributed by atoms with Crippen LogP contribution in [-0.2, 0) is 0 Å². The average molecular weight is 420 g/mol. The molecule has 0 radical (unpaired) electrons. The van der Waals surface area contributed by atoms with Crippen LogP contribution in [-0.4, -0.2) is 21.6 Å². The summed E-state index contributed by atoms with van der Waals surface area (Å²) in [5.74, 6) is 0.964. The maximum atomic E-state index is 6.27. The fourth-order valence-corrected chi connectivity index (χ4v) is 2.29. The number of hydrogen-bond acceptors (Lipinski definition) is 4. The zero-order valence-corrected chi connectivity index (χ0v) is 18.4. The van der Waals surface area contributed by atoms with Gasteiger partial charge in [-0.1, -0.05) is 80.8 Å². The topological polar surface area (TPSA) is 47.9 Å². The summed E-state index contributed by atoms with van der Waals surface area (Å²) in [6.07, 6.45) is 13.3. The normalized spacial score (nSPS) is 11.1. The van der Waals surface area contributed by atoms with Crippen LogP contribution in [0.4, 0.5) is 0 Å². The van der Waals surface area contributed by atoms with Crippen molar-refractivity contribution < 1.29 is 4.74 Å². The molecule has 0 unspecified atom stereocenters. The Bertz CT molecular complexity index is 831. The van der Waals surface area contributed by atoms with Crippen molar-refractivity contribution in [2.24, 2.45) is 0 Å². The zero-order valence-electron chi connectivity index (χ0n) is 16.9. The van der Waals surface area contributed by atoms with Crippen molar-refractivity contribution in [1.82, 2.24) is 15.0 Å². The highest BCUT2D eigenvalue weighted by Gasteiger charge is 2.11. The average Bonchev–Trinajstić information content (AvgIpc) is 2.71. The Balaban J connectivity index is 0.000000892. The summed E-state index contributed by atoms with van der Waals surface area (Å²) >= 11 is 12.4. The van der Waals surface area contributed by atoms with E-state index in [1.54, 1.807) is 31.5 Å². The predicted octanol–water partition coefficient (Wildman–Crippen LogP) is 7.03. The Morgan fingerprint density at radius 1 is 1.14 bits per heavy atom. The van der Waals surface area contributed by atoms with Crippen molar-refractivity contribution in [3.05, 3.63) is 70.8 Å². The van der Waals surface area contributed by atoms with Crippen molar-refractivity contribution in [3.8, 4) is 17.1 Å². The molecule has 2 aromatic rings. The minimum Gasteiger partial charge on any atom is -0.472 e. The van der Waals surface area contributed by atoms with E-state index in [1.807, 2.05) is 25.2 Å². The maximum absolute atomic E-state index is 6.27. The number of unbranched alkanes of at least 4 members (excludes halogenated alkanes) is 1. The molecule has 0 saturated heterocycles. The fraction of sp³-hybridized carbons (Fsp3) is 0.318. The molecule has 2 heterocycles. The Morgan fingerprint density at radius 2 is 1.86 bits per heavy atom. The summed E-state index contributed by atoms with van der Waals surface area (Å²) in [6, 6.07) is 1.72. The van der Waals surface area contributed by atoms with Gasteiger partial charge in [-0.3, -0.25) is 0 Å². The van der Waals surface area contributed by atoms with Crippen LogP contribution in [0.3, 0.4) is 0 Å². The van der Waals surface area contributed by atoms with E-state index in [2.05, 4.69) is 35.4 Å². The molecule has 2 rings (SSSR count). The number of rotatable bonds is 7. The lowest BCUT2D eigenvalue weighted by Crippen LogP contribution is -2.02. The van der Waals surface area contributed by atoms with E-state index in [4.69, 9.17) is 27.9 Å². The zero-order chi connectivity index (χ0) is 20.9. The van der Waals surface area contributed by atoms with E-state index in [9.17, 15) is 0 Å². The van der Waals surface area contributed by atoms with E-state index in [0.29, 0.717) is 39.6 Å². The van der Waals surface area contributed by atoms with Crippen LogP contribution >= 0.6 is 23.2 Å². The van der Waals surface area contributed by atoms with E-state index in [0.717, 1.165) is 5.57 Å². The quantitative estimate of drug-likeness (QED) is 0.451. The smallest absolute Gasteiger partial charge is 0.232 e. The van der Waals surface area contributed by atoms with Crippen LogP contribution in [0.5, 0.6) is 5.88 Å². The number of nitrogens with zero attached hydrogens (tertiary/aromatic N) is 3. The Hall–Kier alpha value is -2.17. The van der Waals surface area contributed by atoms with Gasteiger partial charge >= 0.3 is 0 Å². The van der Waals surface area contributed by atoms with Gasteiger partial charge in [0.25, 0.3) is 0 Å². The van der Waals surface area contributed by atoms with Crippen LogP contribution in [0.1, 0.15) is 39.4 Å². The summed E-state index contributed by atoms with van der Waals surface area (Å²) in [5, 5.41) is 0.824. The molecule has 0 fully saturated rings. The van der Waals surface area contributed by atoms with E-state index >= 15 is 0 Å². The second-order valence-corrected chi connectivity index (χ2v) is 6.70. The fourth-order valence-electron chi connectivity index (χ4n) is 1.87. The lowest BCUT2D eigenvalue weighted by Gasteiger charge is -2.09. The number of aromatic nitrogens is 3. The first-order valence-corrected chi connectivity index (χ1v) is 9.94. The van der Waals surface area contributed by atoms with Crippen molar-refractivity contribution >= 4 is 23.2 Å². The van der Waals surface area contributed by atoms with Crippen LogP contribution in [0.2, 0.25) is 10.0 Å². The van der Waals surface area contributed by atoms with E-state index < -0.39 is 0 Å². The van der Waals surface area contributed by atoms with Crippen molar-refractivity contribution in [2.45, 2.75) is 40.5 Å². The molecular weight excluding hydrogens is 393 g/mol. The SMILES string of the molecule is C=C/C(=C\C=C/C)COc1ncc(-c2nc(C)ncc2Cl)cc1Cl.CCCC. The highest BCUT2D eigenvalue weighted by Crippen LogP contribution is 2.30. The number of aryl methyl sites for hydroxylation is 1. The minimum absolute atomic E-state index is 0.327. The molecule has 0 aromatic carbocycles. The number of hydrogen-bond donors (Lipinski definition) is 0. The maximum Gasteiger partial charge on any atom is 0.232 e. The summed E-state index contributed by atoms with van der Waals surface area (Å²) in [4.78, 5) is 12.6. The van der Waals surface area contributed by atoms with Crippen molar-refractivity contribution in [2.75, 3.05) is 6.61 Å². The molecule has 6 heteroatoms. The first-order valence-electron chi connectivity index (χ1n) is 9.18. The molecule has 28 heavy (non-hydrogen) atoms. The molecule has 0 aliphatic carbocycles. The van der Waals surface area contributed by atoms with Gasteiger partial charge in [-0.05, 0) is 25.5 Å². The molecule has 0 saturated carbocycles. The summed E-state index contributed by atoms with van der Waals surface area (Å²) in [6.45, 7) is 12.2. The molecule has 2 aromatic heterocycles. The van der Waals surface area contributed by atoms with Gasteiger partial charge in [-0.15, -0.1) is 0 Å². The lowest BCUT2D eigenvalue weighted by molar-refractivity contribution is 0.342. The first kappa shape index (κ1) is 23.9. The van der Waals surface area contributed by atoms with E-state index in [-0.39, 0.29) is 0 Å². The standard InChI is InChI=1S/C18H17Cl2N3O.C4H10/c1-4-6-7-13(5-2)11-24-18-15(19)8-14(9-22-18)17-16(20)10-21-12(3)23-17;1-3-4-2/h4-10H,2,11H2,1,3H3;3-4H2,1-2H3/b6-4-,13-7+;. The number of ether oxygens (including phenoxy) is 1. The predicted molar refractivity (Wildman–Crippen MR) is 119 cm³/mol. The third-order valence-corrected chi connectivity index (χ3v) is 4.13. The third-order valence-electron chi connectivity index (χ3n) is 3.59. The summed E-state index contributed by atoms with van der Waals surface area (Å²) < 4.78 is 5.65. The monoisotopic (exact) mass is 419 g/mol. The largest absolute Gasteiger partial charge is 0.472 e. The van der Waals surface area contributed by atoms with Gasteiger partial charge < -0.3 is 4.74 Å². The third kappa shape index (κ3) is 7.83. The number of halogens is 2. The van der Waals surface area contributed by atoms with Crippen molar-refractivity contribution in [3.63, 3.8) is 0 Å². The van der Waals surface area contributed by atoms with Gasteiger partial charge in [0.15, 0.2) is 0 Å². The highest BCUT2D eigenvalue weighted by atomic mass is 35.5. The Morgan fingerprint density at radius 3 is 2.43 bits per heavy atom. The van der Waals surface area contributed by atoms with Gasteiger partial charge in [0, 0.05) is 18.0 Å². The Labute approximate surface area is 178 Å². The summed E-state index contributed by atoms with van der Waals surface area (Å²) in [7, 11) is 0. The van der Waals surface area contributed by atoms with Crippen molar-refractivity contribution in [1.29, 1.82) is 0 Å². The van der Waals surface area contributed by atoms with Gasteiger partial charge in [-0.2, -0.15) is 0 Å². The van der Waals surface area contributed by atoms with Crippen LogP contribution in [0.25, 0.3) is 11.3 Å². The number of pyridine rings is 1. The molecule has 0 spiro atoms. The minimum atomic E-state index is 0.327. The van der Waals surface area contributed by atoms with Crippen LogP contribution in [0.15, 0.2) is 54.9 Å². The summed E-state index contributed by atoms with van der Waals surface area (Å²) in [5.41, 5.74) is 2.21. The molecule has 0 aliphatic rings. The molecule has 0 bridgehead atoms. The first-order chi connectivity index (χ1) is 13.5. The molecule has 0 aliphatic heterocycles. The molecule has 150 valence electrons. The molecule has 0 amide bonds. The molecular formula is C22H27Cl2N3O. The second kappa shape index (κ2) is 13.1. The van der Waals surface area contributed by atoms with Gasteiger partial charge in [-0.25, -0.2) is 15.0 Å². The van der Waals surface area contributed by atoms with Gasteiger partial charge in [0.1, 0.15) is 17.5 Å². The lowest BCUT2D eigenvalue weighted by atomic mass is 10.2. The second-order valence-electron chi connectivity index (χ2n) is 5.88. The number of allylic oxidation sites excluding steroid dienone is 3. The van der Waals surface area contributed by atoms with Crippen LogP contribution in [0, 0.1) is 6.92 Å². The molecule has 0 N–H and O–H groups in total.